The fraction of sp³-hybridized carbons (Fsp3) is 0.934. The number of allylic oxidation sites excluding steroid dienone is 2. The van der Waals surface area contributed by atoms with E-state index in [1.165, 1.54) is 257 Å². The number of aliphatic hydroxyl groups excluding tert-OH is 2. The van der Waals surface area contributed by atoms with Crippen LogP contribution < -0.4 is 5.32 Å². The van der Waals surface area contributed by atoms with E-state index in [4.69, 9.17) is 4.74 Å². The lowest BCUT2D eigenvalue weighted by Gasteiger charge is -2.22. The summed E-state index contributed by atoms with van der Waals surface area (Å²) < 4.78 is 5.47. The number of amides is 1. The summed E-state index contributed by atoms with van der Waals surface area (Å²) >= 11 is 0. The van der Waals surface area contributed by atoms with Gasteiger partial charge in [0.1, 0.15) is 0 Å². The van der Waals surface area contributed by atoms with Gasteiger partial charge in [-0.2, -0.15) is 0 Å². The van der Waals surface area contributed by atoms with Crippen LogP contribution in [-0.4, -0.2) is 47.4 Å². The van der Waals surface area contributed by atoms with Crippen LogP contribution in [0.25, 0.3) is 0 Å². The molecule has 0 saturated heterocycles. The molecule has 0 spiro atoms. The van der Waals surface area contributed by atoms with Crippen molar-refractivity contribution in [2.24, 2.45) is 0 Å². The topological polar surface area (TPSA) is 95.9 Å². The van der Waals surface area contributed by atoms with Crippen molar-refractivity contribution in [2.75, 3.05) is 13.2 Å². The Morgan fingerprint density at radius 2 is 0.701 bits per heavy atom. The summed E-state index contributed by atoms with van der Waals surface area (Å²) in [6, 6.07) is -0.550. The van der Waals surface area contributed by atoms with Crippen molar-refractivity contribution >= 4 is 11.9 Å². The summed E-state index contributed by atoms with van der Waals surface area (Å²) in [6.45, 7) is 4.96. The monoisotopic (exact) mass is 946 g/mol. The maximum atomic E-state index is 12.5. The number of esters is 1. The normalized spacial score (nSPS) is 12.6. The average Bonchev–Trinajstić information content (AvgIpc) is 3.33. The van der Waals surface area contributed by atoms with Gasteiger partial charge in [0.25, 0.3) is 0 Å². The minimum absolute atomic E-state index is 0.000606. The first-order valence-corrected chi connectivity index (χ1v) is 30.4. The summed E-state index contributed by atoms with van der Waals surface area (Å²) in [6.07, 6.45) is 67.8. The van der Waals surface area contributed by atoms with Crippen molar-refractivity contribution in [1.29, 1.82) is 0 Å². The standard InChI is InChI=1S/C61H119NO5/c1-3-5-7-9-11-13-15-17-18-19-20-21-23-26-30-33-37-41-45-49-53-59(64)58(57-63)62-60(65)54-50-46-42-38-34-31-27-24-22-25-28-32-36-40-44-48-52-56-67-61(66)55-51-47-43-39-35-29-16-14-12-10-8-6-4-2/h22,25,58-59,63-64H,3-21,23-24,26-57H2,1-2H3,(H,62,65)/b25-22-. The van der Waals surface area contributed by atoms with Crippen LogP contribution in [0.15, 0.2) is 12.2 Å². The maximum Gasteiger partial charge on any atom is 0.305 e. The molecule has 0 heterocycles. The van der Waals surface area contributed by atoms with Crippen molar-refractivity contribution in [3.63, 3.8) is 0 Å². The van der Waals surface area contributed by atoms with Gasteiger partial charge in [-0.3, -0.25) is 9.59 Å². The fourth-order valence-electron chi connectivity index (χ4n) is 9.64. The van der Waals surface area contributed by atoms with Gasteiger partial charge in [-0.15, -0.1) is 0 Å². The molecular formula is C61H119NO5. The molecule has 3 N–H and O–H groups in total. The van der Waals surface area contributed by atoms with Crippen LogP contribution in [0.4, 0.5) is 0 Å². The van der Waals surface area contributed by atoms with Gasteiger partial charge in [-0.1, -0.05) is 289 Å². The van der Waals surface area contributed by atoms with E-state index >= 15 is 0 Å². The smallest absolute Gasteiger partial charge is 0.305 e. The quantitative estimate of drug-likeness (QED) is 0.0321. The van der Waals surface area contributed by atoms with Gasteiger partial charge in [0.15, 0.2) is 0 Å². The molecule has 0 bridgehead atoms. The Balaban J connectivity index is 3.45. The van der Waals surface area contributed by atoms with Crippen molar-refractivity contribution < 1.29 is 24.5 Å². The van der Waals surface area contributed by atoms with E-state index in [0.717, 1.165) is 51.4 Å². The van der Waals surface area contributed by atoms with Crippen molar-refractivity contribution in [2.45, 2.75) is 353 Å². The summed E-state index contributed by atoms with van der Waals surface area (Å²) in [5, 5.41) is 23.3. The van der Waals surface area contributed by atoms with Gasteiger partial charge < -0.3 is 20.3 Å². The molecule has 1 amide bonds. The summed E-state index contributed by atoms with van der Waals surface area (Å²) in [5.41, 5.74) is 0. The van der Waals surface area contributed by atoms with Crippen LogP contribution >= 0.6 is 0 Å². The lowest BCUT2D eigenvalue weighted by Crippen LogP contribution is -2.45. The highest BCUT2D eigenvalue weighted by Crippen LogP contribution is 2.18. The molecule has 0 aliphatic heterocycles. The zero-order valence-electron chi connectivity index (χ0n) is 45.4. The molecule has 67 heavy (non-hydrogen) atoms. The highest BCUT2D eigenvalue weighted by molar-refractivity contribution is 5.76. The van der Waals surface area contributed by atoms with E-state index in [1.807, 2.05) is 0 Å². The molecule has 0 aromatic rings. The molecule has 0 saturated carbocycles. The fourth-order valence-corrected chi connectivity index (χ4v) is 9.64. The number of carbonyl (C=O) groups is 2. The van der Waals surface area contributed by atoms with E-state index in [9.17, 15) is 19.8 Å². The molecule has 2 unspecified atom stereocenters. The molecule has 6 nitrogen and oxygen atoms in total. The minimum Gasteiger partial charge on any atom is -0.466 e. The zero-order valence-corrected chi connectivity index (χ0v) is 45.4. The Bertz CT molecular complexity index is 1000. The highest BCUT2D eigenvalue weighted by atomic mass is 16.5. The van der Waals surface area contributed by atoms with Crippen molar-refractivity contribution in [1.82, 2.24) is 5.32 Å². The van der Waals surface area contributed by atoms with Crippen LogP contribution in [0.2, 0.25) is 0 Å². The second-order valence-corrected chi connectivity index (χ2v) is 21.0. The summed E-state index contributed by atoms with van der Waals surface area (Å²) in [5.74, 6) is -0.0428. The number of hydrogen-bond donors (Lipinski definition) is 3. The predicted octanol–water partition coefficient (Wildman–Crippen LogP) is 18.9. The Morgan fingerprint density at radius 3 is 1.06 bits per heavy atom. The lowest BCUT2D eigenvalue weighted by molar-refractivity contribution is -0.143. The molecule has 0 aliphatic rings. The van der Waals surface area contributed by atoms with E-state index in [-0.39, 0.29) is 18.5 Å². The van der Waals surface area contributed by atoms with E-state index in [2.05, 4.69) is 31.3 Å². The van der Waals surface area contributed by atoms with Gasteiger partial charge in [-0.05, 0) is 51.4 Å². The Kier molecular flexibility index (Phi) is 56.0. The second kappa shape index (κ2) is 57.2. The predicted molar refractivity (Wildman–Crippen MR) is 292 cm³/mol. The third-order valence-electron chi connectivity index (χ3n) is 14.3. The minimum atomic E-state index is -0.672. The molecule has 0 rings (SSSR count). The Hall–Kier alpha value is -1.40. The number of rotatable bonds is 57. The van der Waals surface area contributed by atoms with E-state index in [0.29, 0.717) is 25.9 Å². The van der Waals surface area contributed by atoms with Gasteiger partial charge >= 0.3 is 5.97 Å². The van der Waals surface area contributed by atoms with Crippen LogP contribution in [0.5, 0.6) is 0 Å². The third-order valence-corrected chi connectivity index (χ3v) is 14.3. The number of carbonyl (C=O) groups excluding carboxylic acids is 2. The number of nitrogens with one attached hydrogen (secondary N) is 1. The summed E-state index contributed by atoms with van der Waals surface area (Å²) in [7, 11) is 0. The van der Waals surface area contributed by atoms with Crippen molar-refractivity contribution in [3.8, 4) is 0 Å². The largest absolute Gasteiger partial charge is 0.466 e. The van der Waals surface area contributed by atoms with Crippen LogP contribution in [0, 0.1) is 0 Å². The second-order valence-electron chi connectivity index (χ2n) is 21.0. The van der Waals surface area contributed by atoms with E-state index in [1.54, 1.807) is 0 Å². The first kappa shape index (κ1) is 65.6. The molecule has 398 valence electrons. The van der Waals surface area contributed by atoms with Crippen LogP contribution in [-0.2, 0) is 14.3 Å². The molecule has 6 heteroatoms. The third kappa shape index (κ3) is 53.8. The van der Waals surface area contributed by atoms with Crippen LogP contribution in [0.3, 0.4) is 0 Å². The van der Waals surface area contributed by atoms with Gasteiger partial charge in [0.05, 0.1) is 25.4 Å². The Morgan fingerprint density at radius 1 is 0.403 bits per heavy atom. The number of aliphatic hydroxyl groups is 2. The molecule has 0 aromatic heterocycles. The number of ether oxygens (including phenoxy) is 1. The first-order valence-electron chi connectivity index (χ1n) is 30.4. The number of unbranched alkanes of at least 4 members (excludes halogenated alkanes) is 44. The molecule has 0 aliphatic carbocycles. The first-order chi connectivity index (χ1) is 33.0. The summed E-state index contributed by atoms with van der Waals surface area (Å²) in [4.78, 5) is 24.5. The zero-order chi connectivity index (χ0) is 48.6. The molecule has 0 fully saturated rings. The molecular weight excluding hydrogens is 827 g/mol. The maximum absolute atomic E-state index is 12.5. The molecule has 0 radical (unpaired) electrons. The van der Waals surface area contributed by atoms with Gasteiger partial charge in [0, 0.05) is 12.8 Å². The van der Waals surface area contributed by atoms with Gasteiger partial charge in [0.2, 0.25) is 5.91 Å². The molecule has 0 aromatic carbocycles. The molecule has 2 atom stereocenters. The SMILES string of the molecule is CCCCCCCCCCCCCCCCCCCCCCC(O)C(CO)NC(=O)CCCCCCCCC/C=C\CCCCCCCCOC(=O)CCCCCCCCCCCCCCC. The van der Waals surface area contributed by atoms with E-state index < -0.39 is 12.1 Å². The number of hydrogen-bond acceptors (Lipinski definition) is 5. The Labute approximate surface area is 419 Å². The average molecular weight is 947 g/mol. The highest BCUT2D eigenvalue weighted by Gasteiger charge is 2.20. The lowest BCUT2D eigenvalue weighted by atomic mass is 10.0. The van der Waals surface area contributed by atoms with Crippen LogP contribution in [0.1, 0.15) is 341 Å². The van der Waals surface area contributed by atoms with Gasteiger partial charge in [-0.25, -0.2) is 0 Å². The van der Waals surface area contributed by atoms with Crippen molar-refractivity contribution in [3.05, 3.63) is 12.2 Å².